The quantitative estimate of drug-likeness (QED) is 0.712. The number of nitrogens with two attached hydrogens (primary N) is 1. The molecule has 0 bridgehead atoms. The van der Waals surface area contributed by atoms with E-state index in [1.54, 1.807) is 19.2 Å². The third-order valence-electron chi connectivity index (χ3n) is 1.61. The van der Waals surface area contributed by atoms with Gasteiger partial charge in [0.1, 0.15) is 5.82 Å². The molecule has 14 heavy (non-hydrogen) atoms. The summed E-state index contributed by atoms with van der Waals surface area (Å²) in [5, 5.41) is 2.96. The van der Waals surface area contributed by atoms with Crippen molar-refractivity contribution in [1.29, 1.82) is 0 Å². The normalized spacial score (nSPS) is 9.50. The summed E-state index contributed by atoms with van der Waals surface area (Å²) in [7, 11) is 1.55. The summed E-state index contributed by atoms with van der Waals surface area (Å²) < 4.78 is 4.94. The monoisotopic (exact) mass is 195 g/mol. The van der Waals surface area contributed by atoms with Crippen LogP contribution < -0.4 is 15.8 Å². The van der Waals surface area contributed by atoms with Crippen molar-refractivity contribution in [3.8, 4) is 5.88 Å². The minimum atomic E-state index is -0.333. The van der Waals surface area contributed by atoms with Crippen molar-refractivity contribution in [2.75, 3.05) is 19.0 Å². The summed E-state index contributed by atoms with van der Waals surface area (Å²) in [6.07, 6.45) is 0.291. The van der Waals surface area contributed by atoms with Crippen molar-refractivity contribution in [1.82, 2.24) is 4.98 Å². The van der Waals surface area contributed by atoms with Crippen molar-refractivity contribution in [2.24, 2.45) is 5.73 Å². The average Bonchev–Trinajstić information content (AvgIpc) is 2.18. The Hall–Kier alpha value is -1.78. The van der Waals surface area contributed by atoms with Gasteiger partial charge in [0, 0.05) is 19.0 Å². The Morgan fingerprint density at radius 1 is 1.64 bits per heavy atom. The van der Waals surface area contributed by atoms with Gasteiger partial charge >= 0.3 is 0 Å². The highest BCUT2D eigenvalue weighted by Crippen LogP contribution is 2.10. The molecule has 0 aromatic carbocycles. The molecule has 0 saturated heterocycles. The average molecular weight is 195 g/mol. The van der Waals surface area contributed by atoms with Gasteiger partial charge in [0.05, 0.1) is 7.11 Å². The van der Waals surface area contributed by atoms with Crippen molar-refractivity contribution in [2.45, 2.75) is 6.42 Å². The number of aromatic nitrogens is 1. The lowest BCUT2D eigenvalue weighted by atomic mass is 10.4. The number of anilines is 1. The predicted octanol–water partition coefficient (Wildman–Crippen LogP) is 0.377. The Kier molecular flexibility index (Phi) is 3.72. The van der Waals surface area contributed by atoms with Gasteiger partial charge in [-0.05, 0) is 6.07 Å². The molecule has 0 radical (unpaired) electrons. The number of ether oxygens (including phenoxy) is 1. The minimum Gasteiger partial charge on any atom is -0.481 e. The number of nitrogens with zero attached hydrogens (tertiary/aromatic N) is 1. The van der Waals surface area contributed by atoms with E-state index >= 15 is 0 Å². The third-order valence-corrected chi connectivity index (χ3v) is 1.61. The van der Waals surface area contributed by atoms with E-state index in [1.165, 1.54) is 0 Å². The highest BCUT2D eigenvalue weighted by molar-refractivity contribution is 5.74. The van der Waals surface area contributed by atoms with E-state index in [2.05, 4.69) is 10.3 Å². The topological polar surface area (TPSA) is 77.2 Å². The van der Waals surface area contributed by atoms with Crippen LogP contribution in [0.5, 0.6) is 5.88 Å². The molecule has 1 aromatic heterocycles. The molecule has 0 fully saturated rings. The van der Waals surface area contributed by atoms with Crippen molar-refractivity contribution in [3.63, 3.8) is 0 Å². The summed E-state index contributed by atoms with van der Waals surface area (Å²) in [5.74, 6) is 0.875. The SMILES string of the molecule is COc1cccc(NCCC(N)=O)n1. The fourth-order valence-electron chi connectivity index (χ4n) is 0.941. The molecule has 0 aliphatic heterocycles. The van der Waals surface area contributed by atoms with Crippen LogP contribution in [0.15, 0.2) is 18.2 Å². The molecule has 0 aliphatic rings. The molecule has 1 amide bonds. The third kappa shape index (κ3) is 3.30. The maximum Gasteiger partial charge on any atom is 0.219 e. The van der Waals surface area contributed by atoms with E-state index in [1.807, 2.05) is 6.07 Å². The largest absolute Gasteiger partial charge is 0.481 e. The molecule has 0 unspecified atom stereocenters. The van der Waals surface area contributed by atoms with Crippen LogP contribution in [0.4, 0.5) is 5.82 Å². The molecule has 5 nitrogen and oxygen atoms in total. The molecule has 1 rings (SSSR count). The Morgan fingerprint density at radius 2 is 2.43 bits per heavy atom. The fourth-order valence-corrected chi connectivity index (χ4v) is 0.941. The van der Waals surface area contributed by atoms with Gasteiger partial charge < -0.3 is 15.8 Å². The fraction of sp³-hybridized carbons (Fsp3) is 0.333. The van der Waals surface area contributed by atoms with Crippen LogP contribution in [0.25, 0.3) is 0 Å². The first kappa shape index (κ1) is 10.3. The van der Waals surface area contributed by atoms with Crippen LogP contribution in [0.1, 0.15) is 6.42 Å². The smallest absolute Gasteiger partial charge is 0.219 e. The first-order valence-corrected chi connectivity index (χ1v) is 4.25. The van der Waals surface area contributed by atoms with Gasteiger partial charge in [-0.25, -0.2) is 0 Å². The van der Waals surface area contributed by atoms with Crippen LogP contribution in [0, 0.1) is 0 Å². The first-order chi connectivity index (χ1) is 6.72. The number of primary amides is 1. The van der Waals surface area contributed by atoms with Crippen molar-refractivity contribution < 1.29 is 9.53 Å². The number of hydrogen-bond acceptors (Lipinski definition) is 4. The molecular formula is C9H13N3O2. The van der Waals surface area contributed by atoms with E-state index in [9.17, 15) is 4.79 Å². The second-order valence-electron chi connectivity index (χ2n) is 2.71. The molecule has 0 aliphatic carbocycles. The van der Waals surface area contributed by atoms with Gasteiger partial charge in [-0.1, -0.05) is 6.07 Å². The van der Waals surface area contributed by atoms with E-state index in [-0.39, 0.29) is 5.91 Å². The molecule has 0 atom stereocenters. The zero-order valence-corrected chi connectivity index (χ0v) is 7.99. The van der Waals surface area contributed by atoms with E-state index in [4.69, 9.17) is 10.5 Å². The Labute approximate surface area is 82.3 Å². The summed E-state index contributed by atoms with van der Waals surface area (Å²) in [6.45, 7) is 0.482. The molecular weight excluding hydrogens is 182 g/mol. The molecule has 0 spiro atoms. The number of carbonyl (C=O) groups is 1. The zero-order valence-electron chi connectivity index (χ0n) is 7.99. The molecule has 0 saturated carbocycles. The lowest BCUT2D eigenvalue weighted by Crippen LogP contribution is -2.16. The number of amides is 1. The van der Waals surface area contributed by atoms with Crippen LogP contribution in [-0.2, 0) is 4.79 Å². The van der Waals surface area contributed by atoms with Gasteiger partial charge in [-0.2, -0.15) is 4.98 Å². The number of methoxy groups -OCH3 is 1. The van der Waals surface area contributed by atoms with Gasteiger partial charge in [0.25, 0.3) is 0 Å². The van der Waals surface area contributed by atoms with Gasteiger partial charge in [-0.15, -0.1) is 0 Å². The summed E-state index contributed by atoms with van der Waals surface area (Å²) >= 11 is 0. The number of rotatable bonds is 5. The van der Waals surface area contributed by atoms with Crippen LogP contribution in [0.3, 0.4) is 0 Å². The van der Waals surface area contributed by atoms with Gasteiger partial charge in [0.15, 0.2) is 0 Å². The number of carbonyl (C=O) groups excluding carboxylic acids is 1. The Balaban J connectivity index is 2.46. The number of hydrogen-bond donors (Lipinski definition) is 2. The summed E-state index contributed by atoms with van der Waals surface area (Å²) in [5.41, 5.74) is 4.99. The number of nitrogens with one attached hydrogen (secondary N) is 1. The van der Waals surface area contributed by atoms with E-state index in [0.29, 0.717) is 24.7 Å². The maximum absolute atomic E-state index is 10.4. The summed E-state index contributed by atoms with van der Waals surface area (Å²) in [4.78, 5) is 14.6. The Morgan fingerprint density at radius 3 is 3.07 bits per heavy atom. The number of pyridine rings is 1. The molecule has 1 aromatic rings. The van der Waals surface area contributed by atoms with Crippen molar-refractivity contribution >= 4 is 11.7 Å². The first-order valence-electron chi connectivity index (χ1n) is 4.25. The van der Waals surface area contributed by atoms with Crippen LogP contribution >= 0.6 is 0 Å². The highest BCUT2D eigenvalue weighted by Gasteiger charge is 1.97. The lowest BCUT2D eigenvalue weighted by molar-refractivity contribution is -0.117. The minimum absolute atomic E-state index is 0.291. The molecule has 1 heterocycles. The van der Waals surface area contributed by atoms with Crippen LogP contribution in [-0.4, -0.2) is 24.5 Å². The van der Waals surface area contributed by atoms with Gasteiger partial charge in [0.2, 0.25) is 11.8 Å². The summed E-state index contributed by atoms with van der Waals surface area (Å²) in [6, 6.07) is 5.36. The molecule has 76 valence electrons. The second kappa shape index (κ2) is 5.06. The maximum atomic E-state index is 10.4. The van der Waals surface area contributed by atoms with Crippen LogP contribution in [0.2, 0.25) is 0 Å². The molecule has 5 heteroatoms. The predicted molar refractivity (Wildman–Crippen MR) is 53.1 cm³/mol. The highest BCUT2D eigenvalue weighted by atomic mass is 16.5. The molecule has 3 N–H and O–H groups in total. The zero-order chi connectivity index (χ0) is 10.4. The standard InChI is InChI=1S/C9H13N3O2/c1-14-9-4-2-3-8(12-9)11-6-5-7(10)13/h2-4H,5-6H2,1H3,(H2,10,13)(H,11,12). The van der Waals surface area contributed by atoms with E-state index in [0.717, 1.165) is 0 Å². The second-order valence-corrected chi connectivity index (χ2v) is 2.71. The lowest BCUT2D eigenvalue weighted by Gasteiger charge is -2.05. The van der Waals surface area contributed by atoms with Gasteiger partial charge in [-0.3, -0.25) is 4.79 Å². The van der Waals surface area contributed by atoms with E-state index < -0.39 is 0 Å². The van der Waals surface area contributed by atoms with Crippen molar-refractivity contribution in [3.05, 3.63) is 18.2 Å². The Bertz CT molecular complexity index is 315.